The SMILES string of the molecule is OCC1(NCc2nnc(-c3ccccc3)o2)CC1. The minimum atomic E-state index is -0.110. The Morgan fingerprint density at radius 2 is 2.00 bits per heavy atom. The molecule has 2 aromatic rings. The lowest BCUT2D eigenvalue weighted by Gasteiger charge is -2.11. The van der Waals surface area contributed by atoms with Crippen molar-refractivity contribution in [1.82, 2.24) is 15.5 Å². The van der Waals surface area contributed by atoms with Gasteiger partial charge in [0.05, 0.1) is 13.2 Å². The summed E-state index contributed by atoms with van der Waals surface area (Å²) in [5.74, 6) is 1.08. The summed E-state index contributed by atoms with van der Waals surface area (Å²) in [6.45, 7) is 0.660. The molecule has 18 heavy (non-hydrogen) atoms. The Bertz CT molecular complexity index is 520. The van der Waals surface area contributed by atoms with Gasteiger partial charge in [-0.1, -0.05) is 18.2 Å². The van der Waals surface area contributed by atoms with Crippen molar-refractivity contribution in [3.8, 4) is 11.5 Å². The standard InChI is InChI=1S/C13H15N3O2/c17-9-13(6-7-13)14-8-11-15-16-12(18-11)10-4-2-1-3-5-10/h1-5,14,17H,6-9H2. The molecule has 3 rings (SSSR count). The van der Waals surface area contributed by atoms with Gasteiger partial charge in [-0.05, 0) is 25.0 Å². The summed E-state index contributed by atoms with van der Waals surface area (Å²) in [5, 5.41) is 20.5. The summed E-state index contributed by atoms with van der Waals surface area (Å²) >= 11 is 0. The molecule has 1 aliphatic rings. The van der Waals surface area contributed by atoms with Crippen LogP contribution < -0.4 is 5.32 Å². The van der Waals surface area contributed by atoms with Gasteiger partial charge in [0.15, 0.2) is 0 Å². The van der Waals surface area contributed by atoms with Crippen molar-refractivity contribution in [3.63, 3.8) is 0 Å². The Balaban J connectivity index is 1.67. The third-order valence-electron chi connectivity index (χ3n) is 3.26. The lowest BCUT2D eigenvalue weighted by atomic mass is 10.2. The van der Waals surface area contributed by atoms with Crippen LogP contribution in [-0.4, -0.2) is 27.4 Å². The molecule has 0 amide bonds. The van der Waals surface area contributed by atoms with Crippen molar-refractivity contribution >= 4 is 0 Å². The van der Waals surface area contributed by atoms with Crippen LogP contribution in [0.1, 0.15) is 18.7 Å². The van der Waals surface area contributed by atoms with E-state index in [9.17, 15) is 5.11 Å². The highest BCUT2D eigenvalue weighted by molar-refractivity contribution is 5.51. The summed E-state index contributed by atoms with van der Waals surface area (Å²) in [4.78, 5) is 0. The molecule has 0 bridgehead atoms. The first-order valence-electron chi connectivity index (χ1n) is 6.05. The monoisotopic (exact) mass is 245 g/mol. The van der Waals surface area contributed by atoms with Crippen molar-refractivity contribution in [3.05, 3.63) is 36.2 Å². The average molecular weight is 245 g/mol. The van der Waals surface area contributed by atoms with Crippen molar-refractivity contribution in [2.24, 2.45) is 0 Å². The first-order chi connectivity index (χ1) is 8.81. The lowest BCUT2D eigenvalue weighted by Crippen LogP contribution is -2.34. The Hall–Kier alpha value is -1.72. The van der Waals surface area contributed by atoms with Crippen molar-refractivity contribution in [1.29, 1.82) is 0 Å². The summed E-state index contributed by atoms with van der Waals surface area (Å²) in [5.41, 5.74) is 0.807. The van der Waals surface area contributed by atoms with Crippen LogP contribution in [0.3, 0.4) is 0 Å². The molecule has 0 radical (unpaired) electrons. The molecule has 0 atom stereocenters. The maximum Gasteiger partial charge on any atom is 0.247 e. The predicted molar refractivity (Wildman–Crippen MR) is 65.6 cm³/mol. The number of aromatic nitrogens is 2. The molecule has 2 N–H and O–H groups in total. The fraction of sp³-hybridized carbons (Fsp3) is 0.385. The Kier molecular flexibility index (Phi) is 2.85. The molecular formula is C13H15N3O2. The Morgan fingerprint density at radius 3 is 2.67 bits per heavy atom. The second-order valence-corrected chi connectivity index (χ2v) is 4.66. The smallest absolute Gasteiger partial charge is 0.247 e. The minimum absolute atomic E-state index is 0.110. The predicted octanol–water partition coefficient (Wildman–Crippen LogP) is 1.35. The van der Waals surface area contributed by atoms with Gasteiger partial charge in [-0.25, -0.2) is 0 Å². The lowest BCUT2D eigenvalue weighted by molar-refractivity contribution is 0.226. The number of aliphatic hydroxyl groups excluding tert-OH is 1. The minimum Gasteiger partial charge on any atom is -0.419 e. The fourth-order valence-electron chi connectivity index (χ4n) is 1.83. The molecule has 5 heteroatoms. The van der Waals surface area contributed by atoms with E-state index in [1.54, 1.807) is 0 Å². The maximum absolute atomic E-state index is 9.19. The molecule has 1 aromatic heterocycles. The molecule has 1 fully saturated rings. The Labute approximate surface area is 105 Å². The zero-order valence-corrected chi connectivity index (χ0v) is 9.97. The van der Waals surface area contributed by atoms with Crippen LogP contribution in [0.25, 0.3) is 11.5 Å². The van der Waals surface area contributed by atoms with E-state index >= 15 is 0 Å². The number of rotatable bonds is 5. The number of benzene rings is 1. The molecule has 1 heterocycles. The van der Waals surface area contributed by atoms with E-state index in [-0.39, 0.29) is 12.1 Å². The fourth-order valence-corrected chi connectivity index (χ4v) is 1.83. The number of nitrogens with one attached hydrogen (secondary N) is 1. The van der Waals surface area contributed by atoms with E-state index in [0.29, 0.717) is 18.3 Å². The van der Waals surface area contributed by atoms with Gasteiger partial charge in [0.2, 0.25) is 11.8 Å². The molecule has 0 saturated heterocycles. The van der Waals surface area contributed by atoms with Gasteiger partial charge in [0.25, 0.3) is 0 Å². The molecule has 0 unspecified atom stereocenters. The number of hydrogen-bond donors (Lipinski definition) is 2. The topological polar surface area (TPSA) is 71.2 Å². The van der Waals surface area contributed by atoms with E-state index in [0.717, 1.165) is 18.4 Å². The van der Waals surface area contributed by atoms with Gasteiger partial charge < -0.3 is 14.8 Å². The van der Waals surface area contributed by atoms with E-state index in [4.69, 9.17) is 4.42 Å². The average Bonchev–Trinajstić information content (AvgIpc) is 3.07. The van der Waals surface area contributed by atoms with Crippen LogP contribution >= 0.6 is 0 Å². The van der Waals surface area contributed by atoms with Gasteiger partial charge in [-0.15, -0.1) is 10.2 Å². The van der Waals surface area contributed by atoms with Crippen LogP contribution in [0, 0.1) is 0 Å². The second kappa shape index (κ2) is 4.51. The quantitative estimate of drug-likeness (QED) is 0.832. The van der Waals surface area contributed by atoms with Crippen LogP contribution in [0.2, 0.25) is 0 Å². The molecule has 0 aliphatic heterocycles. The molecule has 1 saturated carbocycles. The van der Waals surface area contributed by atoms with E-state index in [2.05, 4.69) is 15.5 Å². The molecule has 1 aromatic carbocycles. The number of hydrogen-bond acceptors (Lipinski definition) is 5. The van der Waals surface area contributed by atoms with E-state index < -0.39 is 0 Å². The third kappa shape index (κ3) is 2.27. The van der Waals surface area contributed by atoms with Crippen molar-refractivity contribution < 1.29 is 9.52 Å². The summed E-state index contributed by atoms with van der Waals surface area (Å²) in [6, 6.07) is 9.67. The first-order valence-corrected chi connectivity index (χ1v) is 6.05. The van der Waals surface area contributed by atoms with Crippen molar-refractivity contribution in [2.45, 2.75) is 24.9 Å². The highest BCUT2D eigenvalue weighted by atomic mass is 16.4. The van der Waals surface area contributed by atoms with Crippen LogP contribution in [-0.2, 0) is 6.54 Å². The van der Waals surface area contributed by atoms with Gasteiger partial charge in [-0.2, -0.15) is 0 Å². The maximum atomic E-state index is 9.19. The second-order valence-electron chi connectivity index (χ2n) is 4.66. The summed E-state index contributed by atoms with van der Waals surface area (Å²) in [7, 11) is 0. The van der Waals surface area contributed by atoms with Gasteiger partial charge in [-0.3, -0.25) is 0 Å². The van der Waals surface area contributed by atoms with Crippen LogP contribution in [0.5, 0.6) is 0 Å². The zero-order valence-electron chi connectivity index (χ0n) is 9.97. The highest BCUT2D eigenvalue weighted by Gasteiger charge is 2.41. The molecule has 5 nitrogen and oxygen atoms in total. The Morgan fingerprint density at radius 1 is 1.22 bits per heavy atom. The normalized spacial score (nSPS) is 16.7. The molecule has 0 spiro atoms. The van der Waals surface area contributed by atoms with Crippen LogP contribution in [0.15, 0.2) is 34.7 Å². The van der Waals surface area contributed by atoms with E-state index in [1.165, 1.54) is 0 Å². The first kappa shape index (κ1) is 11.4. The molecule has 94 valence electrons. The summed E-state index contributed by atoms with van der Waals surface area (Å²) < 4.78 is 5.57. The van der Waals surface area contributed by atoms with Crippen LogP contribution in [0.4, 0.5) is 0 Å². The molecular weight excluding hydrogens is 230 g/mol. The third-order valence-corrected chi connectivity index (χ3v) is 3.26. The summed E-state index contributed by atoms with van der Waals surface area (Å²) in [6.07, 6.45) is 2.01. The largest absolute Gasteiger partial charge is 0.419 e. The zero-order chi connectivity index (χ0) is 12.4. The highest BCUT2D eigenvalue weighted by Crippen LogP contribution is 2.34. The van der Waals surface area contributed by atoms with Gasteiger partial charge in [0, 0.05) is 11.1 Å². The van der Waals surface area contributed by atoms with Gasteiger partial charge in [0.1, 0.15) is 0 Å². The molecule has 1 aliphatic carbocycles. The van der Waals surface area contributed by atoms with Gasteiger partial charge >= 0.3 is 0 Å². The number of aliphatic hydroxyl groups is 1. The van der Waals surface area contributed by atoms with Crippen molar-refractivity contribution in [2.75, 3.05) is 6.61 Å². The van der Waals surface area contributed by atoms with E-state index in [1.807, 2.05) is 30.3 Å². The number of nitrogens with zero attached hydrogens (tertiary/aromatic N) is 2.